The molecule has 0 bridgehead atoms. The van der Waals surface area contributed by atoms with Crippen molar-refractivity contribution in [1.82, 2.24) is 4.90 Å². The van der Waals surface area contributed by atoms with Gasteiger partial charge >= 0.3 is 6.03 Å². The summed E-state index contributed by atoms with van der Waals surface area (Å²) in [6.07, 6.45) is 12.8. The maximum atomic E-state index is 10.8. The van der Waals surface area contributed by atoms with Gasteiger partial charge in [0.15, 0.2) is 0 Å². The molecule has 0 saturated heterocycles. The van der Waals surface area contributed by atoms with E-state index in [0.29, 0.717) is 6.61 Å². The second kappa shape index (κ2) is 14.6. The van der Waals surface area contributed by atoms with Gasteiger partial charge in [-0.15, -0.1) is 0 Å². The van der Waals surface area contributed by atoms with Gasteiger partial charge in [-0.05, 0) is 6.42 Å². The van der Waals surface area contributed by atoms with E-state index in [1.165, 1.54) is 51.4 Å². The summed E-state index contributed by atoms with van der Waals surface area (Å²) in [5, 5.41) is 8.82. The van der Waals surface area contributed by atoms with Crippen LogP contribution in [0.15, 0.2) is 0 Å². The van der Waals surface area contributed by atoms with E-state index in [9.17, 15) is 4.79 Å². The number of nitrogens with zero attached hydrogens (tertiary/aromatic N) is 1. The number of amides is 2. The SMILES string of the molecule is CCCCCCCCCCCCOCN(CO)C(N)=O. The summed E-state index contributed by atoms with van der Waals surface area (Å²) >= 11 is 0. The third-order valence-electron chi connectivity index (χ3n) is 3.37. The Bertz CT molecular complexity index is 225. The number of nitrogens with two attached hydrogens (primary N) is 1. The third kappa shape index (κ3) is 12.2. The number of urea groups is 1. The number of primary amides is 1. The van der Waals surface area contributed by atoms with Gasteiger partial charge in [-0.25, -0.2) is 4.79 Å². The number of carbonyl (C=O) groups excluding carboxylic acids is 1. The minimum atomic E-state index is -0.657. The second-order valence-electron chi connectivity index (χ2n) is 5.24. The van der Waals surface area contributed by atoms with E-state index in [4.69, 9.17) is 15.6 Å². The molecule has 120 valence electrons. The van der Waals surface area contributed by atoms with E-state index in [1.54, 1.807) is 0 Å². The summed E-state index contributed by atoms with van der Waals surface area (Å²) in [6, 6.07) is -0.657. The molecule has 0 aliphatic rings. The van der Waals surface area contributed by atoms with Crippen LogP contribution >= 0.6 is 0 Å². The summed E-state index contributed by atoms with van der Waals surface area (Å²) in [5.74, 6) is 0. The molecule has 0 unspecified atom stereocenters. The Morgan fingerprint density at radius 3 is 1.95 bits per heavy atom. The lowest BCUT2D eigenvalue weighted by molar-refractivity contribution is 0.00972. The van der Waals surface area contributed by atoms with Crippen molar-refractivity contribution in [2.45, 2.75) is 71.1 Å². The summed E-state index contributed by atoms with van der Waals surface area (Å²) in [4.78, 5) is 11.8. The number of ether oxygens (including phenoxy) is 1. The first-order chi connectivity index (χ1) is 9.72. The van der Waals surface area contributed by atoms with E-state index in [-0.39, 0.29) is 6.73 Å². The predicted molar refractivity (Wildman–Crippen MR) is 81.2 cm³/mol. The van der Waals surface area contributed by atoms with Crippen molar-refractivity contribution in [3.63, 3.8) is 0 Å². The standard InChI is InChI=1S/C15H32N2O3/c1-2-3-4-5-6-7-8-9-10-11-12-20-14-17(13-18)15(16)19/h18H,2-14H2,1H3,(H2,16,19). The number of unbranched alkanes of at least 4 members (excludes halogenated alkanes) is 9. The molecule has 0 aromatic heterocycles. The van der Waals surface area contributed by atoms with Crippen LogP contribution in [0.5, 0.6) is 0 Å². The van der Waals surface area contributed by atoms with E-state index >= 15 is 0 Å². The zero-order valence-electron chi connectivity index (χ0n) is 13.0. The van der Waals surface area contributed by atoms with Crippen molar-refractivity contribution >= 4 is 6.03 Å². The van der Waals surface area contributed by atoms with Gasteiger partial charge in [0.05, 0.1) is 0 Å². The van der Waals surface area contributed by atoms with Gasteiger partial charge in [0.1, 0.15) is 13.5 Å². The largest absolute Gasteiger partial charge is 0.376 e. The molecule has 20 heavy (non-hydrogen) atoms. The zero-order valence-corrected chi connectivity index (χ0v) is 13.0. The normalized spacial score (nSPS) is 10.7. The van der Waals surface area contributed by atoms with E-state index < -0.39 is 12.8 Å². The Labute approximate surface area is 123 Å². The fraction of sp³-hybridized carbons (Fsp3) is 0.933. The first-order valence-electron chi connectivity index (χ1n) is 7.95. The minimum Gasteiger partial charge on any atom is -0.376 e. The van der Waals surface area contributed by atoms with Crippen molar-refractivity contribution in [2.75, 3.05) is 20.1 Å². The molecule has 0 radical (unpaired) electrons. The zero-order chi connectivity index (χ0) is 15.1. The molecule has 0 aliphatic heterocycles. The number of rotatable bonds is 14. The Morgan fingerprint density at radius 2 is 1.50 bits per heavy atom. The molecule has 0 fully saturated rings. The Hall–Kier alpha value is -0.810. The first-order valence-corrected chi connectivity index (χ1v) is 7.95. The van der Waals surface area contributed by atoms with Crippen molar-refractivity contribution in [2.24, 2.45) is 5.73 Å². The van der Waals surface area contributed by atoms with E-state index in [1.807, 2.05) is 0 Å². The first kappa shape index (κ1) is 19.2. The average Bonchev–Trinajstić information content (AvgIpc) is 2.43. The number of aliphatic hydroxyl groups is 1. The average molecular weight is 288 g/mol. The van der Waals surface area contributed by atoms with Crippen molar-refractivity contribution in [3.8, 4) is 0 Å². The molecule has 0 aromatic rings. The van der Waals surface area contributed by atoms with Gasteiger partial charge in [-0.3, -0.25) is 4.90 Å². The number of carbonyl (C=O) groups is 1. The molecular weight excluding hydrogens is 256 g/mol. The van der Waals surface area contributed by atoms with Crippen LogP contribution in [0, 0.1) is 0 Å². The van der Waals surface area contributed by atoms with Crippen LogP contribution in [0.1, 0.15) is 71.1 Å². The molecule has 3 N–H and O–H groups in total. The molecule has 0 saturated carbocycles. The Morgan fingerprint density at radius 1 is 1.00 bits per heavy atom. The van der Waals surface area contributed by atoms with Crippen LogP contribution < -0.4 is 5.73 Å². The molecular formula is C15H32N2O3. The van der Waals surface area contributed by atoms with Gasteiger partial charge in [-0.1, -0.05) is 64.7 Å². The fourth-order valence-corrected chi connectivity index (χ4v) is 2.04. The topological polar surface area (TPSA) is 75.8 Å². The molecule has 0 aromatic carbocycles. The maximum absolute atomic E-state index is 10.8. The number of aliphatic hydroxyl groups excluding tert-OH is 1. The fourth-order valence-electron chi connectivity index (χ4n) is 2.04. The lowest BCUT2D eigenvalue weighted by Crippen LogP contribution is -2.38. The van der Waals surface area contributed by atoms with Crippen LogP contribution in [0.2, 0.25) is 0 Å². The van der Waals surface area contributed by atoms with Crippen LogP contribution in [-0.2, 0) is 4.74 Å². The van der Waals surface area contributed by atoms with Crippen molar-refractivity contribution < 1.29 is 14.6 Å². The Kier molecular flexibility index (Phi) is 14.0. The summed E-state index contributed by atoms with van der Waals surface area (Å²) in [7, 11) is 0. The molecule has 0 aliphatic carbocycles. The molecule has 0 rings (SSSR count). The smallest absolute Gasteiger partial charge is 0.318 e. The van der Waals surface area contributed by atoms with E-state index in [2.05, 4.69) is 6.92 Å². The highest BCUT2D eigenvalue weighted by Crippen LogP contribution is 2.10. The lowest BCUT2D eigenvalue weighted by atomic mass is 10.1. The monoisotopic (exact) mass is 288 g/mol. The number of hydrogen-bond donors (Lipinski definition) is 2. The van der Waals surface area contributed by atoms with Crippen LogP contribution in [-0.4, -0.2) is 36.1 Å². The van der Waals surface area contributed by atoms with Gasteiger partial charge in [0.25, 0.3) is 0 Å². The molecule has 2 amide bonds. The quantitative estimate of drug-likeness (QED) is 0.380. The van der Waals surface area contributed by atoms with Gasteiger partial charge in [0.2, 0.25) is 0 Å². The molecule has 0 spiro atoms. The van der Waals surface area contributed by atoms with Gasteiger partial charge in [0, 0.05) is 6.61 Å². The molecule has 5 nitrogen and oxygen atoms in total. The van der Waals surface area contributed by atoms with Crippen LogP contribution in [0.3, 0.4) is 0 Å². The van der Waals surface area contributed by atoms with Crippen molar-refractivity contribution in [1.29, 1.82) is 0 Å². The summed E-state index contributed by atoms with van der Waals surface area (Å²) in [6.45, 7) is 2.53. The van der Waals surface area contributed by atoms with Gasteiger partial charge < -0.3 is 15.6 Å². The molecule has 0 atom stereocenters. The lowest BCUT2D eigenvalue weighted by Gasteiger charge is -2.16. The molecule has 5 heteroatoms. The maximum Gasteiger partial charge on any atom is 0.318 e. The second-order valence-corrected chi connectivity index (χ2v) is 5.24. The highest BCUT2D eigenvalue weighted by Gasteiger charge is 2.06. The third-order valence-corrected chi connectivity index (χ3v) is 3.37. The van der Waals surface area contributed by atoms with Crippen LogP contribution in [0.25, 0.3) is 0 Å². The summed E-state index contributed by atoms with van der Waals surface area (Å²) in [5.41, 5.74) is 5.03. The minimum absolute atomic E-state index is 0.0727. The van der Waals surface area contributed by atoms with Crippen molar-refractivity contribution in [3.05, 3.63) is 0 Å². The van der Waals surface area contributed by atoms with Gasteiger partial charge in [-0.2, -0.15) is 0 Å². The number of hydrogen-bond acceptors (Lipinski definition) is 3. The highest BCUT2D eigenvalue weighted by atomic mass is 16.5. The predicted octanol–water partition coefficient (Wildman–Crippen LogP) is 3.21. The highest BCUT2D eigenvalue weighted by molar-refractivity contribution is 5.71. The Balaban J connectivity index is 3.15. The van der Waals surface area contributed by atoms with E-state index in [0.717, 1.165) is 17.7 Å². The molecule has 0 heterocycles. The van der Waals surface area contributed by atoms with Crippen LogP contribution in [0.4, 0.5) is 4.79 Å². The summed E-state index contributed by atoms with van der Waals surface area (Å²) < 4.78 is 5.29.